The predicted molar refractivity (Wildman–Crippen MR) is 52.7 cm³/mol. The zero-order chi connectivity index (χ0) is 8.97. The van der Waals surface area contributed by atoms with Gasteiger partial charge in [-0.2, -0.15) is 11.8 Å². The number of Topliss-reactive ketones (excluding diaryl/α,β-unsaturated/α-hetero) is 1. The molecule has 0 radical (unpaired) electrons. The third-order valence-electron chi connectivity index (χ3n) is 1.67. The second-order valence-electron chi connectivity index (χ2n) is 2.56. The fourth-order valence-electron chi connectivity index (χ4n) is 1.02. The first-order valence-electron chi connectivity index (χ1n) is 3.98. The van der Waals surface area contributed by atoms with Crippen molar-refractivity contribution in [3.8, 4) is 0 Å². The molecule has 0 amide bonds. The minimum Gasteiger partial charge on any atom is -0.348 e. The highest BCUT2D eigenvalue weighted by Crippen LogP contribution is 2.06. The second kappa shape index (κ2) is 4.36. The molecule has 0 unspecified atom stereocenters. The Labute approximate surface area is 77.0 Å². The number of aryl methyl sites for hydroxylation is 1. The summed E-state index contributed by atoms with van der Waals surface area (Å²) in [5.74, 6) is 1.80. The van der Waals surface area contributed by atoms with E-state index in [4.69, 9.17) is 0 Å². The Kier molecular flexibility index (Phi) is 3.41. The summed E-state index contributed by atoms with van der Waals surface area (Å²) in [7, 11) is 1.89. The van der Waals surface area contributed by atoms with Crippen molar-refractivity contribution >= 4 is 17.5 Å². The van der Waals surface area contributed by atoms with Crippen LogP contribution in [0.1, 0.15) is 17.4 Å². The normalized spacial score (nSPS) is 10.2. The van der Waals surface area contributed by atoms with Crippen molar-refractivity contribution in [3.05, 3.63) is 24.0 Å². The lowest BCUT2D eigenvalue weighted by molar-refractivity contribution is 0.101. The van der Waals surface area contributed by atoms with E-state index >= 15 is 0 Å². The first-order valence-corrected chi connectivity index (χ1v) is 5.13. The summed E-state index contributed by atoms with van der Waals surface area (Å²) in [6, 6.07) is 3.75. The molecule has 3 heteroatoms. The van der Waals surface area contributed by atoms with Gasteiger partial charge in [-0.15, -0.1) is 0 Å². The molecule has 0 spiro atoms. The SMILES string of the molecule is CCSCC(=O)c1cccn1C. The molecule has 1 heterocycles. The molecule has 0 saturated heterocycles. The number of rotatable bonds is 4. The van der Waals surface area contributed by atoms with Crippen molar-refractivity contribution in [2.75, 3.05) is 11.5 Å². The number of aromatic nitrogens is 1. The Morgan fingerprint density at radius 2 is 2.42 bits per heavy atom. The Hall–Kier alpha value is -0.700. The molecule has 0 aromatic carbocycles. The smallest absolute Gasteiger partial charge is 0.189 e. The zero-order valence-corrected chi connectivity index (χ0v) is 8.23. The fourth-order valence-corrected chi connectivity index (χ4v) is 1.56. The van der Waals surface area contributed by atoms with Crippen molar-refractivity contribution in [1.29, 1.82) is 0 Å². The molecule has 0 aliphatic rings. The molecule has 1 aromatic rings. The summed E-state index contributed by atoms with van der Waals surface area (Å²) in [4.78, 5) is 11.4. The van der Waals surface area contributed by atoms with Crippen LogP contribution in [0.4, 0.5) is 0 Å². The molecule has 2 nitrogen and oxygen atoms in total. The standard InChI is InChI=1S/C9H13NOS/c1-3-12-7-9(11)8-5-4-6-10(8)2/h4-6H,3,7H2,1-2H3. The highest BCUT2D eigenvalue weighted by molar-refractivity contribution is 7.99. The minimum absolute atomic E-state index is 0.217. The van der Waals surface area contributed by atoms with Gasteiger partial charge in [-0.05, 0) is 17.9 Å². The highest BCUT2D eigenvalue weighted by atomic mass is 32.2. The lowest BCUT2D eigenvalue weighted by atomic mass is 10.3. The van der Waals surface area contributed by atoms with E-state index in [1.54, 1.807) is 11.8 Å². The third-order valence-corrected chi connectivity index (χ3v) is 2.54. The molecule has 66 valence electrons. The van der Waals surface area contributed by atoms with E-state index in [1.165, 1.54) is 0 Å². The fraction of sp³-hybridized carbons (Fsp3) is 0.444. The Morgan fingerprint density at radius 1 is 1.67 bits per heavy atom. The maximum atomic E-state index is 11.4. The van der Waals surface area contributed by atoms with Crippen LogP contribution in [-0.2, 0) is 7.05 Å². The van der Waals surface area contributed by atoms with E-state index < -0.39 is 0 Å². The van der Waals surface area contributed by atoms with Crippen LogP contribution in [0.25, 0.3) is 0 Å². The maximum Gasteiger partial charge on any atom is 0.189 e. The van der Waals surface area contributed by atoms with Crippen LogP contribution in [0.5, 0.6) is 0 Å². The summed E-state index contributed by atoms with van der Waals surface area (Å²) in [6.07, 6.45) is 1.89. The largest absolute Gasteiger partial charge is 0.348 e. The number of ketones is 1. The topological polar surface area (TPSA) is 22.0 Å². The summed E-state index contributed by atoms with van der Waals surface area (Å²) >= 11 is 1.66. The molecule has 0 aliphatic heterocycles. The van der Waals surface area contributed by atoms with Gasteiger partial charge in [0, 0.05) is 13.2 Å². The first-order chi connectivity index (χ1) is 5.75. The molecule has 0 aliphatic carbocycles. The van der Waals surface area contributed by atoms with E-state index in [0.717, 1.165) is 11.4 Å². The lowest BCUT2D eigenvalue weighted by Gasteiger charge is -2.00. The van der Waals surface area contributed by atoms with Gasteiger partial charge in [0.2, 0.25) is 0 Å². The van der Waals surface area contributed by atoms with E-state index in [2.05, 4.69) is 6.92 Å². The molecular formula is C9H13NOS. The number of hydrogen-bond acceptors (Lipinski definition) is 2. The van der Waals surface area contributed by atoms with Crippen LogP contribution in [-0.4, -0.2) is 21.9 Å². The summed E-state index contributed by atoms with van der Waals surface area (Å²) in [6.45, 7) is 2.06. The average molecular weight is 183 g/mol. The Bertz CT molecular complexity index is 267. The van der Waals surface area contributed by atoms with Gasteiger partial charge in [-0.1, -0.05) is 6.92 Å². The maximum absolute atomic E-state index is 11.4. The van der Waals surface area contributed by atoms with Gasteiger partial charge < -0.3 is 4.57 Å². The average Bonchev–Trinajstić information content (AvgIpc) is 2.47. The van der Waals surface area contributed by atoms with Crippen molar-refractivity contribution in [1.82, 2.24) is 4.57 Å². The van der Waals surface area contributed by atoms with E-state index in [-0.39, 0.29) is 5.78 Å². The van der Waals surface area contributed by atoms with Crippen molar-refractivity contribution in [3.63, 3.8) is 0 Å². The molecular weight excluding hydrogens is 170 g/mol. The van der Waals surface area contributed by atoms with Gasteiger partial charge in [0.15, 0.2) is 5.78 Å². The van der Waals surface area contributed by atoms with Gasteiger partial charge in [0.1, 0.15) is 0 Å². The first kappa shape index (κ1) is 9.39. The quantitative estimate of drug-likeness (QED) is 0.666. The monoisotopic (exact) mass is 183 g/mol. The molecule has 0 N–H and O–H groups in total. The molecule has 0 bridgehead atoms. The van der Waals surface area contributed by atoms with Gasteiger partial charge in [0.05, 0.1) is 11.4 Å². The van der Waals surface area contributed by atoms with Crippen LogP contribution >= 0.6 is 11.8 Å². The van der Waals surface area contributed by atoms with Gasteiger partial charge >= 0.3 is 0 Å². The Balaban J connectivity index is 2.59. The predicted octanol–water partition coefficient (Wildman–Crippen LogP) is 1.96. The summed E-state index contributed by atoms with van der Waals surface area (Å²) < 4.78 is 1.86. The van der Waals surface area contributed by atoms with E-state index in [9.17, 15) is 4.79 Å². The number of hydrogen-bond donors (Lipinski definition) is 0. The Morgan fingerprint density at radius 3 is 2.92 bits per heavy atom. The number of carbonyl (C=O) groups is 1. The van der Waals surface area contributed by atoms with Crippen molar-refractivity contribution < 1.29 is 4.79 Å². The third kappa shape index (κ3) is 2.14. The number of thioether (sulfide) groups is 1. The van der Waals surface area contributed by atoms with Gasteiger partial charge in [-0.25, -0.2) is 0 Å². The molecule has 0 atom stereocenters. The summed E-state index contributed by atoms with van der Waals surface area (Å²) in [5.41, 5.74) is 0.802. The minimum atomic E-state index is 0.217. The molecule has 0 saturated carbocycles. The van der Waals surface area contributed by atoms with Crippen LogP contribution < -0.4 is 0 Å². The summed E-state index contributed by atoms with van der Waals surface area (Å²) in [5, 5.41) is 0. The number of nitrogens with zero attached hydrogens (tertiary/aromatic N) is 1. The van der Waals surface area contributed by atoms with Crippen molar-refractivity contribution in [2.45, 2.75) is 6.92 Å². The molecule has 1 rings (SSSR count). The van der Waals surface area contributed by atoms with E-state index in [1.807, 2.05) is 29.9 Å². The van der Waals surface area contributed by atoms with Crippen LogP contribution in [0.3, 0.4) is 0 Å². The van der Waals surface area contributed by atoms with Crippen LogP contribution in [0.15, 0.2) is 18.3 Å². The molecule has 1 aromatic heterocycles. The van der Waals surface area contributed by atoms with Crippen LogP contribution in [0, 0.1) is 0 Å². The second-order valence-corrected chi connectivity index (χ2v) is 3.84. The molecule has 0 fully saturated rings. The highest BCUT2D eigenvalue weighted by Gasteiger charge is 2.07. The van der Waals surface area contributed by atoms with E-state index in [0.29, 0.717) is 5.75 Å². The van der Waals surface area contributed by atoms with Crippen LogP contribution in [0.2, 0.25) is 0 Å². The van der Waals surface area contributed by atoms with Crippen molar-refractivity contribution in [2.24, 2.45) is 7.05 Å². The molecule has 12 heavy (non-hydrogen) atoms. The lowest BCUT2D eigenvalue weighted by Crippen LogP contribution is -2.07. The van der Waals surface area contributed by atoms with Gasteiger partial charge in [-0.3, -0.25) is 4.79 Å². The number of carbonyl (C=O) groups excluding carboxylic acids is 1. The zero-order valence-electron chi connectivity index (χ0n) is 7.41. The van der Waals surface area contributed by atoms with Gasteiger partial charge in [0.25, 0.3) is 0 Å².